The van der Waals surface area contributed by atoms with Gasteiger partial charge >= 0.3 is 5.97 Å². The highest BCUT2D eigenvalue weighted by Crippen LogP contribution is 2.23. The van der Waals surface area contributed by atoms with Crippen LogP contribution in [0.3, 0.4) is 0 Å². The van der Waals surface area contributed by atoms with Crippen molar-refractivity contribution >= 4 is 5.97 Å². The van der Waals surface area contributed by atoms with E-state index in [0.29, 0.717) is 17.1 Å². The molecular weight excluding hydrogens is 232 g/mol. The van der Waals surface area contributed by atoms with Crippen molar-refractivity contribution in [3.63, 3.8) is 0 Å². The quantitative estimate of drug-likeness (QED) is 0.867. The molecule has 4 nitrogen and oxygen atoms in total. The maximum atomic E-state index is 10.6. The highest BCUT2D eigenvalue weighted by Gasteiger charge is 2.15. The smallest absolute Gasteiger partial charge is 0.337 e. The molecule has 0 saturated carbocycles. The Labute approximate surface area is 104 Å². The van der Waals surface area contributed by atoms with Crippen LogP contribution in [0.4, 0.5) is 0 Å². The van der Waals surface area contributed by atoms with Crippen LogP contribution in [-0.4, -0.2) is 16.2 Å². The van der Waals surface area contributed by atoms with Crippen LogP contribution in [0.15, 0.2) is 54.6 Å². The Kier molecular flexibility index (Phi) is 3.60. The molecule has 4 heteroatoms. The molecule has 0 aliphatic carbocycles. The number of aliphatic hydroxyl groups is 1. The lowest BCUT2D eigenvalue weighted by Crippen LogP contribution is -2.09. The minimum absolute atomic E-state index is 0.322. The largest absolute Gasteiger partial charge is 0.479 e. The van der Waals surface area contributed by atoms with E-state index in [9.17, 15) is 9.90 Å². The van der Waals surface area contributed by atoms with Crippen molar-refractivity contribution < 1.29 is 19.7 Å². The molecule has 18 heavy (non-hydrogen) atoms. The second-order valence-corrected chi connectivity index (χ2v) is 3.72. The van der Waals surface area contributed by atoms with Gasteiger partial charge in [0.2, 0.25) is 0 Å². The first-order valence-corrected chi connectivity index (χ1v) is 5.40. The molecule has 0 bridgehead atoms. The Bertz CT molecular complexity index is 519. The van der Waals surface area contributed by atoms with Crippen molar-refractivity contribution in [1.82, 2.24) is 0 Å². The van der Waals surface area contributed by atoms with Crippen LogP contribution in [-0.2, 0) is 4.79 Å². The Morgan fingerprint density at radius 2 is 1.50 bits per heavy atom. The number of hydrogen-bond donors (Lipinski definition) is 2. The monoisotopic (exact) mass is 244 g/mol. The summed E-state index contributed by atoms with van der Waals surface area (Å²) in [4.78, 5) is 10.6. The van der Waals surface area contributed by atoms with Gasteiger partial charge in [-0.1, -0.05) is 30.3 Å². The van der Waals surface area contributed by atoms with Crippen molar-refractivity contribution in [2.75, 3.05) is 0 Å². The van der Waals surface area contributed by atoms with Gasteiger partial charge in [0.1, 0.15) is 11.5 Å². The maximum Gasteiger partial charge on any atom is 0.337 e. The molecule has 2 rings (SSSR count). The van der Waals surface area contributed by atoms with Crippen LogP contribution < -0.4 is 4.74 Å². The van der Waals surface area contributed by atoms with Crippen molar-refractivity contribution in [3.05, 3.63) is 60.2 Å². The van der Waals surface area contributed by atoms with Gasteiger partial charge < -0.3 is 14.9 Å². The van der Waals surface area contributed by atoms with E-state index in [1.54, 1.807) is 12.1 Å². The zero-order valence-electron chi connectivity index (χ0n) is 9.48. The number of benzene rings is 2. The SMILES string of the molecule is O=C(O)[C@H](O)c1ccc(Oc2ccccc2)cc1. The molecule has 0 amide bonds. The Hall–Kier alpha value is -2.33. The zero-order chi connectivity index (χ0) is 13.0. The van der Waals surface area contributed by atoms with Crippen molar-refractivity contribution in [3.8, 4) is 11.5 Å². The molecule has 0 aromatic heterocycles. The second kappa shape index (κ2) is 5.33. The van der Waals surface area contributed by atoms with Gasteiger partial charge in [-0.2, -0.15) is 0 Å². The molecule has 0 aliphatic rings. The predicted molar refractivity (Wildman–Crippen MR) is 65.6 cm³/mol. The summed E-state index contributed by atoms with van der Waals surface area (Å²) in [6, 6.07) is 15.5. The molecule has 92 valence electrons. The summed E-state index contributed by atoms with van der Waals surface area (Å²) in [5, 5.41) is 18.0. The van der Waals surface area contributed by atoms with E-state index in [1.807, 2.05) is 30.3 Å². The van der Waals surface area contributed by atoms with Crippen LogP contribution >= 0.6 is 0 Å². The maximum absolute atomic E-state index is 10.6. The standard InChI is InChI=1S/C14H12O4/c15-13(14(16)17)10-6-8-12(9-7-10)18-11-4-2-1-3-5-11/h1-9,13,15H,(H,16,17)/t13-/m1/s1. The van der Waals surface area contributed by atoms with E-state index < -0.39 is 12.1 Å². The molecule has 0 spiro atoms. The van der Waals surface area contributed by atoms with Gasteiger partial charge in [0.05, 0.1) is 0 Å². The number of carboxylic acids is 1. The molecular formula is C14H12O4. The lowest BCUT2D eigenvalue weighted by atomic mass is 10.1. The van der Waals surface area contributed by atoms with Crippen molar-refractivity contribution in [2.45, 2.75) is 6.10 Å². The number of hydrogen-bond acceptors (Lipinski definition) is 3. The highest BCUT2D eigenvalue weighted by atomic mass is 16.5. The number of aliphatic hydroxyl groups excluding tert-OH is 1. The summed E-state index contributed by atoms with van der Waals surface area (Å²) in [6.45, 7) is 0. The van der Waals surface area contributed by atoms with Gasteiger partial charge in [-0.3, -0.25) is 0 Å². The molecule has 1 atom stereocenters. The highest BCUT2D eigenvalue weighted by molar-refractivity contribution is 5.74. The predicted octanol–water partition coefficient (Wildman–Crippen LogP) is 2.60. The first-order chi connectivity index (χ1) is 8.66. The molecule has 2 N–H and O–H groups in total. The molecule has 0 heterocycles. The van der Waals surface area contributed by atoms with Crippen LogP contribution in [0.5, 0.6) is 11.5 Å². The minimum Gasteiger partial charge on any atom is -0.479 e. The van der Waals surface area contributed by atoms with Gasteiger partial charge in [-0.15, -0.1) is 0 Å². The fourth-order valence-corrected chi connectivity index (χ4v) is 1.49. The van der Waals surface area contributed by atoms with Gasteiger partial charge in [0.15, 0.2) is 6.10 Å². The van der Waals surface area contributed by atoms with E-state index in [1.165, 1.54) is 12.1 Å². The van der Waals surface area contributed by atoms with Gasteiger partial charge in [-0.25, -0.2) is 4.79 Å². The first-order valence-electron chi connectivity index (χ1n) is 5.40. The van der Waals surface area contributed by atoms with Crippen molar-refractivity contribution in [2.24, 2.45) is 0 Å². The molecule has 2 aromatic rings. The lowest BCUT2D eigenvalue weighted by Gasteiger charge is -2.08. The zero-order valence-corrected chi connectivity index (χ0v) is 9.48. The number of aliphatic carboxylic acids is 1. The fourth-order valence-electron chi connectivity index (χ4n) is 1.49. The molecule has 2 aromatic carbocycles. The normalized spacial score (nSPS) is 11.8. The summed E-state index contributed by atoms with van der Waals surface area (Å²) < 4.78 is 5.54. The van der Waals surface area contributed by atoms with Crippen LogP contribution in [0, 0.1) is 0 Å². The molecule has 0 fully saturated rings. The van der Waals surface area contributed by atoms with Gasteiger partial charge in [-0.05, 0) is 29.8 Å². The van der Waals surface area contributed by atoms with Gasteiger partial charge in [0, 0.05) is 0 Å². The lowest BCUT2D eigenvalue weighted by molar-refractivity contribution is -0.146. The molecule has 0 unspecified atom stereocenters. The number of ether oxygens (including phenoxy) is 1. The number of carboxylic acid groups (broad SMARTS) is 1. The molecule has 0 radical (unpaired) electrons. The summed E-state index contributed by atoms with van der Waals surface area (Å²) in [5.41, 5.74) is 0.322. The minimum atomic E-state index is -1.50. The van der Waals surface area contributed by atoms with Crippen LogP contribution in [0.2, 0.25) is 0 Å². The Morgan fingerprint density at radius 1 is 0.944 bits per heavy atom. The van der Waals surface area contributed by atoms with E-state index in [0.717, 1.165) is 0 Å². The Balaban J connectivity index is 2.11. The van der Waals surface area contributed by atoms with E-state index >= 15 is 0 Å². The second-order valence-electron chi connectivity index (χ2n) is 3.72. The summed E-state index contributed by atoms with van der Waals surface area (Å²) in [6.07, 6.45) is -1.50. The van der Waals surface area contributed by atoms with Gasteiger partial charge in [0.25, 0.3) is 0 Å². The summed E-state index contributed by atoms with van der Waals surface area (Å²) in [7, 11) is 0. The fraction of sp³-hybridized carbons (Fsp3) is 0.0714. The molecule has 0 saturated heterocycles. The average molecular weight is 244 g/mol. The number of rotatable bonds is 4. The Morgan fingerprint density at radius 3 is 2.06 bits per heavy atom. The van der Waals surface area contributed by atoms with E-state index in [4.69, 9.17) is 9.84 Å². The third-order valence-corrected chi connectivity index (χ3v) is 2.41. The molecule has 0 aliphatic heterocycles. The third kappa shape index (κ3) is 2.87. The van der Waals surface area contributed by atoms with Crippen molar-refractivity contribution in [1.29, 1.82) is 0 Å². The summed E-state index contributed by atoms with van der Waals surface area (Å²) in [5.74, 6) is 0.0123. The van der Waals surface area contributed by atoms with E-state index in [-0.39, 0.29) is 0 Å². The van der Waals surface area contributed by atoms with E-state index in [2.05, 4.69) is 0 Å². The number of carbonyl (C=O) groups is 1. The van der Waals surface area contributed by atoms with Crippen LogP contribution in [0.1, 0.15) is 11.7 Å². The number of para-hydroxylation sites is 1. The van der Waals surface area contributed by atoms with Crippen LogP contribution in [0.25, 0.3) is 0 Å². The first kappa shape index (κ1) is 12.1. The topological polar surface area (TPSA) is 66.8 Å². The summed E-state index contributed by atoms with van der Waals surface area (Å²) >= 11 is 0. The average Bonchev–Trinajstić information content (AvgIpc) is 2.40. The third-order valence-electron chi connectivity index (χ3n) is 2.41.